The Morgan fingerprint density at radius 1 is 1.37 bits per heavy atom. The Morgan fingerprint density at radius 3 is 2.79 bits per heavy atom. The second-order valence-electron chi connectivity index (χ2n) is 4.06. The molecular weight excluding hydrogens is 250 g/mol. The summed E-state index contributed by atoms with van der Waals surface area (Å²) in [5, 5.41) is 8.88. The van der Waals surface area contributed by atoms with Crippen LogP contribution >= 0.6 is 0 Å². The molecule has 0 saturated heterocycles. The van der Waals surface area contributed by atoms with Gasteiger partial charge in [0.1, 0.15) is 0 Å². The molecule has 19 heavy (non-hydrogen) atoms. The highest BCUT2D eigenvalue weighted by molar-refractivity contribution is 5.37. The van der Waals surface area contributed by atoms with Crippen molar-refractivity contribution < 1.29 is 13.9 Å². The normalized spacial score (nSPS) is 10.6. The summed E-state index contributed by atoms with van der Waals surface area (Å²) in [6.45, 7) is 0.386. The first-order valence-corrected chi connectivity index (χ1v) is 6.05. The average molecular weight is 268 g/mol. The molecule has 1 aromatic carbocycles. The summed E-state index contributed by atoms with van der Waals surface area (Å²) in [4.78, 5) is 1.51. The summed E-state index contributed by atoms with van der Waals surface area (Å²) in [5.41, 5.74) is 6.99. The van der Waals surface area contributed by atoms with E-state index in [9.17, 15) is 8.78 Å². The van der Waals surface area contributed by atoms with Gasteiger partial charge in [-0.2, -0.15) is 0 Å². The van der Waals surface area contributed by atoms with Gasteiger partial charge in [0.15, 0.2) is 0 Å². The summed E-state index contributed by atoms with van der Waals surface area (Å²) in [6.07, 6.45) is -2.41. The van der Waals surface area contributed by atoms with Gasteiger partial charge in [-0.25, -0.2) is 8.78 Å². The van der Waals surface area contributed by atoms with Gasteiger partial charge in [-0.05, 0) is 17.7 Å². The Kier molecular flexibility index (Phi) is 7.04. The fourth-order valence-electron chi connectivity index (χ4n) is 1.73. The van der Waals surface area contributed by atoms with Crippen LogP contribution in [0.2, 0.25) is 0 Å². The van der Waals surface area contributed by atoms with Crippen molar-refractivity contribution in [2.75, 3.05) is 26.2 Å². The molecule has 0 fully saturated rings. The van der Waals surface area contributed by atoms with Crippen LogP contribution in [0.5, 0.6) is 0 Å². The molecule has 0 bridgehead atoms. The Bertz CT molecular complexity index is 441. The number of rotatable bonds is 6. The molecule has 0 amide bonds. The number of nitrogens with zero attached hydrogens (tertiary/aromatic N) is 1. The van der Waals surface area contributed by atoms with Crippen molar-refractivity contribution in [1.29, 1.82) is 0 Å². The molecule has 1 rings (SSSR count). The molecule has 3 N–H and O–H groups in total. The Morgan fingerprint density at radius 2 is 2.16 bits per heavy atom. The maximum absolute atomic E-state index is 12.4. The first-order valence-electron chi connectivity index (χ1n) is 6.05. The zero-order valence-electron chi connectivity index (χ0n) is 10.6. The zero-order chi connectivity index (χ0) is 14.1. The van der Waals surface area contributed by atoms with Gasteiger partial charge >= 0.3 is 0 Å². The molecule has 0 radical (unpaired) electrons. The maximum atomic E-state index is 12.4. The summed E-state index contributed by atoms with van der Waals surface area (Å²) in [7, 11) is 0. The lowest BCUT2D eigenvalue weighted by Gasteiger charge is -2.20. The summed E-state index contributed by atoms with van der Waals surface area (Å²) < 4.78 is 24.8. The van der Waals surface area contributed by atoms with Gasteiger partial charge in [0, 0.05) is 18.7 Å². The highest BCUT2D eigenvalue weighted by atomic mass is 19.3. The highest BCUT2D eigenvalue weighted by Gasteiger charge is 2.12. The van der Waals surface area contributed by atoms with Gasteiger partial charge in [-0.3, -0.25) is 4.90 Å². The van der Waals surface area contributed by atoms with Crippen LogP contribution in [-0.2, 0) is 6.54 Å². The van der Waals surface area contributed by atoms with E-state index >= 15 is 0 Å². The van der Waals surface area contributed by atoms with Gasteiger partial charge in [-0.1, -0.05) is 24.0 Å². The quantitative estimate of drug-likeness (QED) is 0.758. The standard InChI is InChI=1S/C14H18F2N2O/c15-14(16)11-18(7-8-19)10-13-4-1-3-12(9-13)5-2-6-17/h1,3-4,9,14,19H,6-8,10-11,17H2. The highest BCUT2D eigenvalue weighted by Crippen LogP contribution is 2.09. The van der Waals surface area contributed by atoms with Crippen LogP contribution in [0.25, 0.3) is 0 Å². The minimum Gasteiger partial charge on any atom is -0.395 e. The smallest absolute Gasteiger partial charge is 0.251 e. The summed E-state index contributed by atoms with van der Waals surface area (Å²) in [5.74, 6) is 5.65. The van der Waals surface area contributed by atoms with Crippen molar-refractivity contribution in [2.24, 2.45) is 5.73 Å². The first kappa shape index (κ1) is 15.6. The lowest BCUT2D eigenvalue weighted by atomic mass is 10.1. The molecule has 0 atom stereocenters. The second kappa shape index (κ2) is 8.59. The summed E-state index contributed by atoms with van der Waals surface area (Å²) >= 11 is 0. The van der Waals surface area contributed by atoms with E-state index < -0.39 is 6.43 Å². The minimum atomic E-state index is -2.41. The van der Waals surface area contributed by atoms with E-state index in [1.165, 1.54) is 4.90 Å². The number of aliphatic hydroxyl groups excluding tert-OH is 1. The van der Waals surface area contributed by atoms with E-state index in [0.717, 1.165) is 11.1 Å². The molecule has 3 nitrogen and oxygen atoms in total. The van der Waals surface area contributed by atoms with Crippen molar-refractivity contribution in [2.45, 2.75) is 13.0 Å². The number of hydrogen-bond donors (Lipinski definition) is 2. The molecule has 5 heteroatoms. The Labute approximate surface area is 112 Å². The van der Waals surface area contributed by atoms with E-state index in [1.54, 1.807) is 0 Å². The van der Waals surface area contributed by atoms with Gasteiger partial charge in [0.25, 0.3) is 6.43 Å². The van der Waals surface area contributed by atoms with Crippen molar-refractivity contribution in [3.63, 3.8) is 0 Å². The molecule has 0 aliphatic heterocycles. The predicted molar refractivity (Wildman–Crippen MR) is 70.7 cm³/mol. The van der Waals surface area contributed by atoms with Crippen molar-refractivity contribution in [3.05, 3.63) is 35.4 Å². The third-order valence-corrected chi connectivity index (χ3v) is 2.48. The van der Waals surface area contributed by atoms with Crippen LogP contribution in [0.15, 0.2) is 24.3 Å². The molecule has 0 aromatic heterocycles. The number of aliphatic hydroxyl groups is 1. The van der Waals surface area contributed by atoms with E-state index in [0.29, 0.717) is 6.54 Å². The SMILES string of the molecule is NCC#Cc1cccc(CN(CCO)CC(F)F)c1. The van der Waals surface area contributed by atoms with E-state index in [4.69, 9.17) is 10.8 Å². The van der Waals surface area contributed by atoms with Gasteiger partial charge in [-0.15, -0.1) is 0 Å². The van der Waals surface area contributed by atoms with E-state index in [-0.39, 0.29) is 26.2 Å². The van der Waals surface area contributed by atoms with Gasteiger partial charge in [0.2, 0.25) is 0 Å². The van der Waals surface area contributed by atoms with Gasteiger partial charge in [0.05, 0.1) is 19.7 Å². The van der Waals surface area contributed by atoms with Gasteiger partial charge < -0.3 is 10.8 Å². The number of hydrogen-bond acceptors (Lipinski definition) is 3. The van der Waals surface area contributed by atoms with Crippen molar-refractivity contribution in [3.8, 4) is 11.8 Å². The molecule has 0 aliphatic carbocycles. The summed E-state index contributed by atoms with van der Waals surface area (Å²) in [6, 6.07) is 7.37. The van der Waals surface area contributed by atoms with Crippen LogP contribution in [0.3, 0.4) is 0 Å². The molecule has 0 spiro atoms. The van der Waals surface area contributed by atoms with E-state index in [1.807, 2.05) is 24.3 Å². The number of halogens is 2. The Balaban J connectivity index is 2.72. The van der Waals surface area contributed by atoms with E-state index in [2.05, 4.69) is 11.8 Å². The Hall–Kier alpha value is -1.48. The number of benzene rings is 1. The molecule has 1 aromatic rings. The number of alkyl halides is 2. The lowest BCUT2D eigenvalue weighted by Crippen LogP contribution is -2.31. The molecule has 0 heterocycles. The number of nitrogens with two attached hydrogens (primary N) is 1. The minimum absolute atomic E-state index is 0.139. The fraction of sp³-hybridized carbons (Fsp3) is 0.429. The van der Waals surface area contributed by atoms with Crippen LogP contribution < -0.4 is 5.73 Å². The van der Waals surface area contributed by atoms with Crippen LogP contribution in [-0.4, -0.2) is 42.7 Å². The third-order valence-electron chi connectivity index (χ3n) is 2.48. The largest absolute Gasteiger partial charge is 0.395 e. The lowest BCUT2D eigenvalue weighted by molar-refractivity contribution is 0.0746. The third kappa shape index (κ3) is 6.30. The molecule has 0 unspecified atom stereocenters. The van der Waals surface area contributed by atoms with Crippen LogP contribution in [0.4, 0.5) is 8.78 Å². The van der Waals surface area contributed by atoms with Crippen molar-refractivity contribution in [1.82, 2.24) is 4.90 Å². The molecular formula is C14H18F2N2O. The molecule has 0 aliphatic rings. The first-order chi connectivity index (χ1) is 9.15. The monoisotopic (exact) mass is 268 g/mol. The predicted octanol–water partition coefficient (Wildman–Crippen LogP) is 1.06. The van der Waals surface area contributed by atoms with Crippen LogP contribution in [0.1, 0.15) is 11.1 Å². The fourth-order valence-corrected chi connectivity index (χ4v) is 1.73. The average Bonchev–Trinajstić information content (AvgIpc) is 2.36. The van der Waals surface area contributed by atoms with Crippen molar-refractivity contribution >= 4 is 0 Å². The molecule has 0 saturated carbocycles. The molecule has 104 valence electrons. The zero-order valence-corrected chi connectivity index (χ0v) is 10.6. The maximum Gasteiger partial charge on any atom is 0.251 e. The van der Waals surface area contributed by atoms with Crippen LogP contribution in [0, 0.1) is 11.8 Å². The topological polar surface area (TPSA) is 49.5 Å². The second-order valence-corrected chi connectivity index (χ2v) is 4.06.